The van der Waals surface area contributed by atoms with E-state index in [2.05, 4.69) is 48.9 Å². The van der Waals surface area contributed by atoms with Crippen LogP contribution in [0.15, 0.2) is 6.07 Å². The molecule has 0 aliphatic rings. The maximum atomic E-state index is 4.44. The van der Waals surface area contributed by atoms with E-state index in [-0.39, 0.29) is 0 Å². The number of nitrogens with zero attached hydrogens (tertiary/aromatic N) is 2. The number of nitrogens with one attached hydrogen (secondary N) is 1. The standard InChI is InChI=1S/C13H25N3/c1-6-16-13(7-12(5)15-16)9-14-8-11(4)10(2)3/h7,10-11,14H,6,8-9H2,1-5H3. The summed E-state index contributed by atoms with van der Waals surface area (Å²) in [7, 11) is 0. The molecule has 0 aliphatic carbocycles. The Bertz CT molecular complexity index is 315. The maximum absolute atomic E-state index is 4.44. The molecule has 0 amide bonds. The summed E-state index contributed by atoms with van der Waals surface area (Å²) in [4.78, 5) is 0. The minimum atomic E-state index is 0.721. The van der Waals surface area contributed by atoms with Crippen LogP contribution in [-0.4, -0.2) is 16.3 Å². The van der Waals surface area contributed by atoms with Gasteiger partial charge < -0.3 is 5.32 Å². The number of aromatic nitrogens is 2. The predicted molar refractivity (Wildman–Crippen MR) is 68.3 cm³/mol. The van der Waals surface area contributed by atoms with Crippen molar-refractivity contribution in [1.82, 2.24) is 15.1 Å². The number of rotatable bonds is 6. The molecule has 0 saturated heterocycles. The van der Waals surface area contributed by atoms with E-state index in [1.54, 1.807) is 0 Å². The average molecular weight is 223 g/mol. The van der Waals surface area contributed by atoms with Crippen molar-refractivity contribution in [3.8, 4) is 0 Å². The zero-order chi connectivity index (χ0) is 12.1. The van der Waals surface area contributed by atoms with Crippen molar-refractivity contribution < 1.29 is 0 Å². The normalized spacial score (nSPS) is 13.4. The fraction of sp³-hybridized carbons (Fsp3) is 0.769. The number of hydrogen-bond donors (Lipinski definition) is 1. The van der Waals surface area contributed by atoms with E-state index in [0.717, 1.165) is 37.2 Å². The molecule has 16 heavy (non-hydrogen) atoms. The second-order valence-corrected chi connectivity index (χ2v) is 4.95. The third-order valence-electron chi connectivity index (χ3n) is 3.20. The van der Waals surface area contributed by atoms with Crippen LogP contribution in [0.5, 0.6) is 0 Å². The smallest absolute Gasteiger partial charge is 0.0597 e. The summed E-state index contributed by atoms with van der Waals surface area (Å²) in [5.41, 5.74) is 2.39. The van der Waals surface area contributed by atoms with Gasteiger partial charge in [0.2, 0.25) is 0 Å². The summed E-state index contributed by atoms with van der Waals surface area (Å²) >= 11 is 0. The van der Waals surface area contributed by atoms with Crippen molar-refractivity contribution in [3.63, 3.8) is 0 Å². The van der Waals surface area contributed by atoms with Crippen molar-refractivity contribution in [2.45, 2.75) is 47.7 Å². The van der Waals surface area contributed by atoms with Gasteiger partial charge in [0.1, 0.15) is 0 Å². The minimum Gasteiger partial charge on any atom is -0.311 e. The van der Waals surface area contributed by atoms with Gasteiger partial charge in [-0.3, -0.25) is 4.68 Å². The largest absolute Gasteiger partial charge is 0.311 e. The fourth-order valence-electron chi connectivity index (χ4n) is 1.68. The van der Waals surface area contributed by atoms with Crippen LogP contribution in [-0.2, 0) is 13.1 Å². The van der Waals surface area contributed by atoms with Gasteiger partial charge in [0.25, 0.3) is 0 Å². The molecule has 0 aromatic carbocycles. The second kappa shape index (κ2) is 6.04. The van der Waals surface area contributed by atoms with Crippen molar-refractivity contribution in [2.24, 2.45) is 11.8 Å². The van der Waals surface area contributed by atoms with Crippen LogP contribution in [0.25, 0.3) is 0 Å². The quantitative estimate of drug-likeness (QED) is 0.803. The summed E-state index contributed by atoms with van der Waals surface area (Å²) in [6.45, 7) is 14.0. The Morgan fingerprint density at radius 3 is 2.62 bits per heavy atom. The molecule has 0 saturated carbocycles. The van der Waals surface area contributed by atoms with E-state index in [1.165, 1.54) is 5.69 Å². The third kappa shape index (κ3) is 3.63. The molecule has 1 aromatic heterocycles. The van der Waals surface area contributed by atoms with Crippen LogP contribution in [0.2, 0.25) is 0 Å². The fourth-order valence-corrected chi connectivity index (χ4v) is 1.68. The lowest BCUT2D eigenvalue weighted by molar-refractivity contribution is 0.389. The minimum absolute atomic E-state index is 0.721. The van der Waals surface area contributed by atoms with Crippen LogP contribution in [0.1, 0.15) is 39.1 Å². The van der Waals surface area contributed by atoms with Crippen molar-refractivity contribution in [1.29, 1.82) is 0 Å². The molecule has 1 N–H and O–H groups in total. The molecular formula is C13H25N3. The summed E-state index contributed by atoms with van der Waals surface area (Å²) < 4.78 is 2.07. The van der Waals surface area contributed by atoms with Crippen molar-refractivity contribution in [2.75, 3.05) is 6.54 Å². The first kappa shape index (κ1) is 13.2. The van der Waals surface area contributed by atoms with Crippen LogP contribution in [0, 0.1) is 18.8 Å². The molecule has 0 fully saturated rings. The predicted octanol–water partition coefficient (Wildman–Crippen LogP) is 2.59. The van der Waals surface area contributed by atoms with E-state index >= 15 is 0 Å². The van der Waals surface area contributed by atoms with E-state index in [4.69, 9.17) is 0 Å². The molecule has 0 radical (unpaired) electrons. The molecule has 1 atom stereocenters. The Morgan fingerprint density at radius 1 is 1.38 bits per heavy atom. The van der Waals surface area contributed by atoms with E-state index in [1.807, 2.05) is 6.92 Å². The highest BCUT2D eigenvalue weighted by molar-refractivity contribution is 5.08. The van der Waals surface area contributed by atoms with Gasteiger partial charge in [-0.05, 0) is 38.3 Å². The Labute approximate surface area is 99.2 Å². The summed E-state index contributed by atoms with van der Waals surface area (Å²) in [6, 6.07) is 2.16. The molecule has 0 bridgehead atoms. The third-order valence-corrected chi connectivity index (χ3v) is 3.20. The summed E-state index contributed by atoms with van der Waals surface area (Å²) in [5, 5.41) is 7.95. The first-order valence-electron chi connectivity index (χ1n) is 6.28. The molecular weight excluding hydrogens is 198 g/mol. The molecule has 1 rings (SSSR count). The van der Waals surface area contributed by atoms with E-state index < -0.39 is 0 Å². The Hall–Kier alpha value is -0.830. The van der Waals surface area contributed by atoms with Gasteiger partial charge in [-0.2, -0.15) is 5.10 Å². The van der Waals surface area contributed by atoms with Gasteiger partial charge in [-0.25, -0.2) is 0 Å². The molecule has 0 spiro atoms. The SMILES string of the molecule is CCn1nc(C)cc1CNCC(C)C(C)C. The second-order valence-electron chi connectivity index (χ2n) is 4.95. The lowest BCUT2D eigenvalue weighted by Crippen LogP contribution is -2.24. The molecule has 3 nitrogen and oxygen atoms in total. The van der Waals surface area contributed by atoms with Crippen molar-refractivity contribution in [3.05, 3.63) is 17.5 Å². The first-order chi connectivity index (χ1) is 7.54. The highest BCUT2D eigenvalue weighted by Crippen LogP contribution is 2.08. The van der Waals surface area contributed by atoms with Gasteiger partial charge in [0, 0.05) is 13.1 Å². The zero-order valence-corrected chi connectivity index (χ0v) is 11.2. The van der Waals surface area contributed by atoms with Crippen molar-refractivity contribution >= 4 is 0 Å². The van der Waals surface area contributed by atoms with Crippen LogP contribution < -0.4 is 5.32 Å². The Kier molecular flexibility index (Phi) is 5.00. The van der Waals surface area contributed by atoms with Crippen LogP contribution >= 0.6 is 0 Å². The number of aryl methyl sites for hydroxylation is 2. The average Bonchev–Trinajstić information content (AvgIpc) is 2.58. The summed E-state index contributed by atoms with van der Waals surface area (Å²) in [5.74, 6) is 1.46. The van der Waals surface area contributed by atoms with E-state index in [0.29, 0.717) is 0 Å². The topological polar surface area (TPSA) is 29.9 Å². The van der Waals surface area contributed by atoms with Gasteiger partial charge in [0.05, 0.1) is 11.4 Å². The molecule has 0 aliphatic heterocycles. The lowest BCUT2D eigenvalue weighted by atomic mass is 9.98. The van der Waals surface area contributed by atoms with Gasteiger partial charge in [0.15, 0.2) is 0 Å². The molecule has 3 heteroatoms. The van der Waals surface area contributed by atoms with Gasteiger partial charge >= 0.3 is 0 Å². The van der Waals surface area contributed by atoms with Gasteiger partial charge in [-0.1, -0.05) is 20.8 Å². The monoisotopic (exact) mass is 223 g/mol. The lowest BCUT2D eigenvalue weighted by Gasteiger charge is -2.16. The molecule has 1 aromatic rings. The Morgan fingerprint density at radius 2 is 2.06 bits per heavy atom. The summed E-state index contributed by atoms with van der Waals surface area (Å²) in [6.07, 6.45) is 0. The molecule has 1 unspecified atom stereocenters. The van der Waals surface area contributed by atoms with Crippen LogP contribution in [0.3, 0.4) is 0 Å². The molecule has 92 valence electrons. The first-order valence-corrected chi connectivity index (χ1v) is 6.28. The number of hydrogen-bond acceptors (Lipinski definition) is 2. The van der Waals surface area contributed by atoms with Crippen LogP contribution in [0.4, 0.5) is 0 Å². The molecule has 1 heterocycles. The van der Waals surface area contributed by atoms with E-state index in [9.17, 15) is 0 Å². The highest BCUT2D eigenvalue weighted by Gasteiger charge is 2.07. The Balaban J connectivity index is 2.42. The maximum Gasteiger partial charge on any atom is 0.0597 e. The highest BCUT2D eigenvalue weighted by atomic mass is 15.3. The van der Waals surface area contributed by atoms with Gasteiger partial charge in [-0.15, -0.1) is 0 Å². The zero-order valence-electron chi connectivity index (χ0n) is 11.2.